The number of hydrogen-bond donors (Lipinski definition) is 4. The Morgan fingerprint density at radius 3 is 2.71 bits per heavy atom. The lowest BCUT2D eigenvalue weighted by Crippen LogP contribution is -2.18. The SMILES string of the molecule is Cc1[nH]c2ccc(C(=N)NO)cc2c1-c1cccc(SN(C)C)c1. The molecule has 0 bridgehead atoms. The zero-order valence-electron chi connectivity index (χ0n) is 13.8. The minimum atomic E-state index is -0.0152. The topological polar surface area (TPSA) is 75.1 Å². The summed E-state index contributed by atoms with van der Waals surface area (Å²) in [7, 11) is 4.04. The Morgan fingerprint density at radius 2 is 2.00 bits per heavy atom. The number of hydrogen-bond acceptors (Lipinski definition) is 4. The van der Waals surface area contributed by atoms with Crippen molar-refractivity contribution in [3.63, 3.8) is 0 Å². The van der Waals surface area contributed by atoms with E-state index in [2.05, 4.69) is 40.5 Å². The maximum absolute atomic E-state index is 8.98. The second-order valence-corrected chi connectivity index (χ2v) is 7.19. The van der Waals surface area contributed by atoms with Crippen LogP contribution in [-0.2, 0) is 0 Å². The first-order valence-electron chi connectivity index (χ1n) is 7.56. The summed E-state index contributed by atoms with van der Waals surface area (Å²) >= 11 is 1.68. The van der Waals surface area contributed by atoms with E-state index in [9.17, 15) is 0 Å². The molecule has 0 fully saturated rings. The lowest BCUT2D eigenvalue weighted by Gasteiger charge is -2.10. The van der Waals surface area contributed by atoms with E-state index in [1.54, 1.807) is 11.9 Å². The van der Waals surface area contributed by atoms with Gasteiger partial charge in [-0.2, -0.15) is 0 Å². The highest BCUT2D eigenvalue weighted by Crippen LogP contribution is 2.34. The molecule has 5 nitrogen and oxygen atoms in total. The third kappa shape index (κ3) is 3.17. The van der Waals surface area contributed by atoms with Gasteiger partial charge in [-0.15, -0.1) is 0 Å². The first-order valence-corrected chi connectivity index (χ1v) is 8.34. The van der Waals surface area contributed by atoms with E-state index in [0.717, 1.165) is 27.7 Å². The number of aromatic amines is 1. The summed E-state index contributed by atoms with van der Waals surface area (Å²) in [6, 6.07) is 14.1. The van der Waals surface area contributed by atoms with Gasteiger partial charge in [0.1, 0.15) is 5.84 Å². The van der Waals surface area contributed by atoms with Crippen molar-refractivity contribution in [3.8, 4) is 11.1 Å². The smallest absolute Gasteiger partial charge is 0.149 e. The van der Waals surface area contributed by atoms with E-state index in [0.29, 0.717) is 5.56 Å². The van der Waals surface area contributed by atoms with Gasteiger partial charge in [0.2, 0.25) is 0 Å². The van der Waals surface area contributed by atoms with Crippen LogP contribution in [0.25, 0.3) is 22.0 Å². The third-order valence-electron chi connectivity index (χ3n) is 3.80. The molecule has 0 atom stereocenters. The van der Waals surface area contributed by atoms with Crippen molar-refractivity contribution < 1.29 is 5.21 Å². The van der Waals surface area contributed by atoms with Crippen molar-refractivity contribution in [2.75, 3.05) is 14.1 Å². The van der Waals surface area contributed by atoms with Crippen LogP contribution in [0.3, 0.4) is 0 Å². The molecule has 0 radical (unpaired) electrons. The number of aromatic nitrogens is 1. The molecule has 2 aromatic carbocycles. The maximum atomic E-state index is 8.98. The molecule has 0 aliphatic carbocycles. The fourth-order valence-corrected chi connectivity index (χ4v) is 3.58. The summed E-state index contributed by atoms with van der Waals surface area (Å²) in [5.41, 5.74) is 6.90. The fraction of sp³-hybridized carbons (Fsp3) is 0.167. The average molecular weight is 340 g/mol. The third-order valence-corrected chi connectivity index (χ3v) is 4.63. The molecular formula is C18H20N4OS. The fourth-order valence-electron chi connectivity index (χ4n) is 2.84. The van der Waals surface area contributed by atoms with Crippen molar-refractivity contribution in [3.05, 3.63) is 53.7 Å². The normalized spacial score (nSPS) is 11.2. The number of hydroxylamine groups is 1. The predicted molar refractivity (Wildman–Crippen MR) is 99.8 cm³/mol. The van der Waals surface area contributed by atoms with Crippen LogP contribution in [0.2, 0.25) is 0 Å². The summed E-state index contributed by atoms with van der Waals surface area (Å²) in [5.74, 6) is -0.0152. The van der Waals surface area contributed by atoms with Gasteiger partial charge in [-0.1, -0.05) is 12.1 Å². The van der Waals surface area contributed by atoms with E-state index in [-0.39, 0.29) is 5.84 Å². The van der Waals surface area contributed by atoms with Crippen LogP contribution in [0, 0.1) is 12.3 Å². The molecule has 0 saturated carbocycles. The van der Waals surface area contributed by atoms with Gasteiger partial charge in [0, 0.05) is 32.6 Å². The first kappa shape index (κ1) is 16.6. The van der Waals surface area contributed by atoms with Gasteiger partial charge in [0.25, 0.3) is 0 Å². The number of nitrogens with zero attached hydrogens (tertiary/aromatic N) is 1. The molecule has 3 aromatic rings. The van der Waals surface area contributed by atoms with Crippen LogP contribution < -0.4 is 5.48 Å². The van der Waals surface area contributed by atoms with E-state index >= 15 is 0 Å². The standard InChI is InChI=1S/C18H20N4OS/c1-11-17(12-5-4-6-14(9-12)24-22(2)3)15-10-13(18(19)21-23)7-8-16(15)20-11/h4-10,20,23H,1-3H3,(H2,19,21). The maximum Gasteiger partial charge on any atom is 0.149 e. The molecule has 3 rings (SSSR count). The van der Waals surface area contributed by atoms with Gasteiger partial charge in [0.15, 0.2) is 0 Å². The van der Waals surface area contributed by atoms with Crippen LogP contribution in [-0.4, -0.2) is 34.4 Å². The number of benzene rings is 2. The van der Waals surface area contributed by atoms with Crippen molar-refractivity contribution >= 4 is 28.7 Å². The highest BCUT2D eigenvalue weighted by atomic mass is 32.2. The quantitative estimate of drug-likeness (QED) is 0.250. The molecule has 0 spiro atoms. The van der Waals surface area contributed by atoms with Crippen LogP contribution in [0.4, 0.5) is 0 Å². The van der Waals surface area contributed by atoms with E-state index < -0.39 is 0 Å². The molecule has 0 unspecified atom stereocenters. The van der Waals surface area contributed by atoms with Crippen LogP contribution in [0.1, 0.15) is 11.3 Å². The lowest BCUT2D eigenvalue weighted by molar-refractivity contribution is 0.234. The average Bonchev–Trinajstić information content (AvgIpc) is 2.88. The van der Waals surface area contributed by atoms with Crippen LogP contribution in [0.5, 0.6) is 0 Å². The van der Waals surface area contributed by atoms with Gasteiger partial charge in [-0.25, -0.2) is 0 Å². The number of nitrogens with one attached hydrogen (secondary N) is 3. The molecule has 0 aliphatic rings. The largest absolute Gasteiger partial charge is 0.358 e. The molecular weight excluding hydrogens is 320 g/mol. The second-order valence-electron chi connectivity index (χ2n) is 5.80. The summed E-state index contributed by atoms with van der Waals surface area (Å²) in [6.45, 7) is 2.05. The molecule has 1 aromatic heterocycles. The highest BCUT2D eigenvalue weighted by molar-refractivity contribution is 7.97. The summed E-state index contributed by atoms with van der Waals surface area (Å²) in [5, 5.41) is 17.8. The summed E-state index contributed by atoms with van der Waals surface area (Å²) in [6.07, 6.45) is 0. The van der Waals surface area contributed by atoms with Crippen LogP contribution >= 0.6 is 11.9 Å². The Hall–Kier alpha value is -2.28. The minimum Gasteiger partial charge on any atom is -0.358 e. The number of H-pyrrole nitrogens is 1. The van der Waals surface area contributed by atoms with Gasteiger partial charge >= 0.3 is 0 Å². The van der Waals surface area contributed by atoms with Crippen molar-refractivity contribution in [2.24, 2.45) is 0 Å². The van der Waals surface area contributed by atoms with Gasteiger partial charge < -0.3 is 4.98 Å². The molecule has 24 heavy (non-hydrogen) atoms. The zero-order chi connectivity index (χ0) is 17.3. The van der Waals surface area contributed by atoms with Gasteiger partial charge in [0.05, 0.1) is 0 Å². The molecule has 0 aliphatic heterocycles. The molecule has 0 amide bonds. The Bertz CT molecular complexity index is 901. The Balaban J connectivity index is 2.14. The second kappa shape index (κ2) is 6.68. The van der Waals surface area contributed by atoms with Crippen molar-refractivity contribution in [2.45, 2.75) is 11.8 Å². The molecule has 1 heterocycles. The predicted octanol–water partition coefficient (Wildman–Crippen LogP) is 4.02. The number of fused-ring (bicyclic) bond motifs is 1. The van der Waals surface area contributed by atoms with E-state index in [1.807, 2.05) is 37.8 Å². The highest BCUT2D eigenvalue weighted by Gasteiger charge is 2.13. The Labute approximate surface area is 145 Å². The monoisotopic (exact) mass is 340 g/mol. The molecule has 0 saturated heterocycles. The van der Waals surface area contributed by atoms with Crippen molar-refractivity contribution in [1.29, 1.82) is 5.41 Å². The van der Waals surface area contributed by atoms with Gasteiger partial charge in [-0.05, 0) is 68.9 Å². The van der Waals surface area contributed by atoms with Crippen molar-refractivity contribution in [1.82, 2.24) is 14.8 Å². The van der Waals surface area contributed by atoms with E-state index in [4.69, 9.17) is 10.6 Å². The summed E-state index contributed by atoms with van der Waals surface area (Å²) in [4.78, 5) is 4.57. The number of aryl methyl sites for hydroxylation is 1. The van der Waals surface area contributed by atoms with E-state index in [1.165, 1.54) is 4.90 Å². The Kier molecular flexibility index (Phi) is 4.62. The Morgan fingerprint density at radius 1 is 1.21 bits per heavy atom. The number of amidine groups is 1. The van der Waals surface area contributed by atoms with Crippen LogP contribution in [0.15, 0.2) is 47.4 Å². The summed E-state index contributed by atoms with van der Waals surface area (Å²) < 4.78 is 2.06. The molecule has 4 N–H and O–H groups in total. The van der Waals surface area contributed by atoms with Gasteiger partial charge in [-0.3, -0.25) is 20.4 Å². The number of rotatable bonds is 4. The molecule has 124 valence electrons. The molecule has 6 heteroatoms. The first-order chi connectivity index (χ1) is 11.5. The zero-order valence-corrected chi connectivity index (χ0v) is 14.7. The lowest BCUT2D eigenvalue weighted by atomic mass is 10.0. The minimum absolute atomic E-state index is 0.0152.